The van der Waals surface area contributed by atoms with Crippen LogP contribution in [0, 0.1) is 11.3 Å². The number of hydrogen-bond acceptors (Lipinski definition) is 6. The Balaban J connectivity index is 1.88. The van der Waals surface area contributed by atoms with Crippen LogP contribution in [0.3, 0.4) is 0 Å². The highest BCUT2D eigenvalue weighted by Crippen LogP contribution is 2.38. The lowest BCUT2D eigenvalue weighted by Crippen LogP contribution is -2.16. The third kappa shape index (κ3) is 5.24. The minimum absolute atomic E-state index is 0.0168. The van der Waals surface area contributed by atoms with Crippen molar-refractivity contribution in [2.45, 2.75) is 10.4 Å². The molecule has 0 saturated heterocycles. The summed E-state index contributed by atoms with van der Waals surface area (Å²) in [6, 6.07) is 16.3. The van der Waals surface area contributed by atoms with Gasteiger partial charge in [0.15, 0.2) is 0 Å². The van der Waals surface area contributed by atoms with Gasteiger partial charge in [-0.05, 0) is 17.8 Å². The van der Waals surface area contributed by atoms with E-state index >= 15 is 0 Å². The summed E-state index contributed by atoms with van der Waals surface area (Å²) in [5.74, 6) is -0.0509. The van der Waals surface area contributed by atoms with Crippen LogP contribution in [0.1, 0.15) is 11.1 Å². The summed E-state index contributed by atoms with van der Waals surface area (Å²) in [6.07, 6.45) is 1.19. The zero-order valence-electron chi connectivity index (χ0n) is 14.6. The summed E-state index contributed by atoms with van der Waals surface area (Å²) in [5.41, 5.74) is -1.78. The molecule has 0 spiro atoms. The molecular formula is C19H12F3N5OS. The van der Waals surface area contributed by atoms with Crippen LogP contribution < -0.4 is 11.0 Å². The fourth-order valence-electron chi connectivity index (χ4n) is 2.40. The van der Waals surface area contributed by atoms with Crippen molar-refractivity contribution in [2.24, 2.45) is 5.10 Å². The van der Waals surface area contributed by atoms with E-state index in [0.717, 1.165) is 0 Å². The molecule has 2 aromatic carbocycles. The SMILES string of the molecule is N#Cc1c(-c2ccccc2)nc(NN=Cc2ccccc2SC(F)(F)F)[nH]c1=O. The highest BCUT2D eigenvalue weighted by molar-refractivity contribution is 8.00. The lowest BCUT2D eigenvalue weighted by molar-refractivity contribution is -0.0328. The van der Waals surface area contributed by atoms with Crippen LogP contribution in [-0.2, 0) is 0 Å². The van der Waals surface area contributed by atoms with Crippen molar-refractivity contribution in [3.8, 4) is 17.3 Å². The molecule has 6 nitrogen and oxygen atoms in total. The number of alkyl halides is 3. The largest absolute Gasteiger partial charge is 0.446 e. The van der Waals surface area contributed by atoms with Crippen molar-refractivity contribution in [3.05, 3.63) is 76.1 Å². The second-order valence-corrected chi connectivity index (χ2v) is 6.68. The molecule has 0 unspecified atom stereocenters. The first-order valence-electron chi connectivity index (χ1n) is 8.11. The number of aromatic amines is 1. The Kier molecular flexibility index (Phi) is 5.99. The van der Waals surface area contributed by atoms with Crippen molar-refractivity contribution < 1.29 is 13.2 Å². The standard InChI is InChI=1S/C19H12F3N5OS/c20-19(21,22)29-15-9-5-4-8-13(15)11-24-27-18-25-16(12-6-2-1-3-7-12)14(10-23)17(28)26-18/h1-9,11H,(H2,25,26,27,28). The lowest BCUT2D eigenvalue weighted by Gasteiger charge is -2.08. The van der Waals surface area contributed by atoms with Crippen LogP contribution >= 0.6 is 11.8 Å². The molecule has 0 aliphatic carbocycles. The normalized spacial score (nSPS) is 11.4. The number of rotatable bonds is 5. The lowest BCUT2D eigenvalue weighted by atomic mass is 10.1. The quantitative estimate of drug-likeness (QED) is 0.367. The summed E-state index contributed by atoms with van der Waals surface area (Å²) >= 11 is -0.248. The number of nitriles is 1. The monoisotopic (exact) mass is 415 g/mol. The number of nitrogens with zero attached hydrogens (tertiary/aromatic N) is 3. The Hall–Kier alpha value is -3.58. The Morgan fingerprint density at radius 1 is 1.14 bits per heavy atom. The molecule has 0 aliphatic heterocycles. The van der Waals surface area contributed by atoms with Crippen molar-refractivity contribution in [1.82, 2.24) is 9.97 Å². The van der Waals surface area contributed by atoms with E-state index < -0.39 is 11.1 Å². The summed E-state index contributed by atoms with van der Waals surface area (Å²) in [6.45, 7) is 0. The molecule has 1 aromatic heterocycles. The van der Waals surface area contributed by atoms with Crippen molar-refractivity contribution in [2.75, 3.05) is 5.43 Å². The molecule has 0 amide bonds. The number of thioether (sulfide) groups is 1. The van der Waals surface area contributed by atoms with E-state index in [1.54, 1.807) is 36.4 Å². The van der Waals surface area contributed by atoms with E-state index in [-0.39, 0.29) is 39.4 Å². The van der Waals surface area contributed by atoms with E-state index in [4.69, 9.17) is 0 Å². The molecule has 2 N–H and O–H groups in total. The fourth-order valence-corrected chi connectivity index (χ4v) is 3.04. The number of nitrogens with one attached hydrogen (secondary N) is 2. The molecule has 3 aromatic rings. The molecule has 0 aliphatic rings. The smallest absolute Gasteiger partial charge is 0.290 e. The van der Waals surface area contributed by atoms with E-state index in [0.29, 0.717) is 5.56 Å². The van der Waals surface area contributed by atoms with Crippen LogP contribution in [-0.4, -0.2) is 21.7 Å². The van der Waals surface area contributed by atoms with Gasteiger partial charge in [0, 0.05) is 16.0 Å². The number of benzene rings is 2. The van der Waals surface area contributed by atoms with Gasteiger partial charge in [-0.25, -0.2) is 10.4 Å². The van der Waals surface area contributed by atoms with Crippen LogP contribution in [0.5, 0.6) is 0 Å². The van der Waals surface area contributed by atoms with Crippen LogP contribution in [0.2, 0.25) is 0 Å². The van der Waals surface area contributed by atoms with E-state index in [9.17, 15) is 23.2 Å². The molecular weight excluding hydrogens is 403 g/mol. The first-order valence-corrected chi connectivity index (χ1v) is 8.93. The molecule has 29 heavy (non-hydrogen) atoms. The number of hydrazone groups is 1. The number of H-pyrrole nitrogens is 1. The van der Waals surface area contributed by atoms with Gasteiger partial charge in [0.1, 0.15) is 11.6 Å². The predicted octanol–water partition coefficient (Wildman–Crippen LogP) is 4.37. The van der Waals surface area contributed by atoms with Gasteiger partial charge in [-0.15, -0.1) is 0 Å². The van der Waals surface area contributed by atoms with Gasteiger partial charge in [-0.3, -0.25) is 9.78 Å². The highest BCUT2D eigenvalue weighted by atomic mass is 32.2. The number of aromatic nitrogens is 2. The molecule has 3 rings (SSSR count). The number of halogens is 3. The third-order valence-corrected chi connectivity index (χ3v) is 4.42. The average Bonchev–Trinajstić information content (AvgIpc) is 2.68. The van der Waals surface area contributed by atoms with E-state index in [1.165, 1.54) is 24.4 Å². The summed E-state index contributed by atoms with van der Waals surface area (Å²) in [5, 5.41) is 13.1. The van der Waals surface area contributed by atoms with Gasteiger partial charge in [0.25, 0.3) is 5.56 Å². The second kappa shape index (κ2) is 8.62. The van der Waals surface area contributed by atoms with Crippen LogP contribution in [0.25, 0.3) is 11.3 Å². The van der Waals surface area contributed by atoms with Gasteiger partial charge in [-0.1, -0.05) is 48.5 Å². The molecule has 0 saturated carbocycles. The molecule has 10 heteroatoms. The maximum Gasteiger partial charge on any atom is 0.446 e. The van der Waals surface area contributed by atoms with Crippen molar-refractivity contribution in [3.63, 3.8) is 0 Å². The molecule has 0 radical (unpaired) electrons. The zero-order valence-corrected chi connectivity index (χ0v) is 15.4. The van der Waals surface area contributed by atoms with Gasteiger partial charge < -0.3 is 0 Å². The van der Waals surface area contributed by atoms with E-state index in [2.05, 4.69) is 20.5 Å². The Morgan fingerprint density at radius 2 is 1.83 bits per heavy atom. The Labute approximate surface area is 167 Å². The minimum Gasteiger partial charge on any atom is -0.290 e. The fraction of sp³-hybridized carbons (Fsp3) is 0.0526. The Morgan fingerprint density at radius 3 is 2.52 bits per heavy atom. The summed E-state index contributed by atoms with van der Waals surface area (Å²) < 4.78 is 38.0. The van der Waals surface area contributed by atoms with Crippen LogP contribution in [0.15, 0.2) is 69.4 Å². The average molecular weight is 415 g/mol. The topological polar surface area (TPSA) is 93.9 Å². The summed E-state index contributed by atoms with van der Waals surface area (Å²) in [4.78, 5) is 18.7. The molecule has 0 bridgehead atoms. The van der Waals surface area contributed by atoms with Gasteiger partial charge in [0.05, 0.1) is 11.9 Å². The molecule has 146 valence electrons. The maximum absolute atomic E-state index is 12.7. The number of hydrogen-bond donors (Lipinski definition) is 2. The van der Waals surface area contributed by atoms with Crippen LogP contribution in [0.4, 0.5) is 19.1 Å². The Bertz CT molecular complexity index is 1140. The van der Waals surface area contributed by atoms with E-state index in [1.807, 2.05) is 6.07 Å². The number of anilines is 1. The van der Waals surface area contributed by atoms with Crippen molar-refractivity contribution >= 4 is 23.9 Å². The maximum atomic E-state index is 12.7. The minimum atomic E-state index is -4.43. The van der Waals surface area contributed by atoms with Crippen molar-refractivity contribution in [1.29, 1.82) is 5.26 Å². The first kappa shape index (κ1) is 20.2. The van der Waals surface area contributed by atoms with Gasteiger partial charge in [-0.2, -0.15) is 23.5 Å². The summed E-state index contributed by atoms with van der Waals surface area (Å²) in [7, 11) is 0. The second-order valence-electron chi connectivity index (χ2n) is 5.57. The third-order valence-electron chi connectivity index (χ3n) is 3.60. The first-order chi connectivity index (χ1) is 13.9. The molecule has 0 atom stereocenters. The zero-order chi connectivity index (χ0) is 20.9. The van der Waals surface area contributed by atoms with Gasteiger partial charge >= 0.3 is 5.51 Å². The highest BCUT2D eigenvalue weighted by Gasteiger charge is 2.30. The predicted molar refractivity (Wildman–Crippen MR) is 105 cm³/mol. The molecule has 1 heterocycles. The van der Waals surface area contributed by atoms with Gasteiger partial charge in [0.2, 0.25) is 5.95 Å². The molecule has 0 fully saturated rings.